The quantitative estimate of drug-likeness (QED) is 0.907. The van der Waals surface area contributed by atoms with Crippen molar-refractivity contribution in [2.45, 2.75) is 6.42 Å². The summed E-state index contributed by atoms with van der Waals surface area (Å²) in [6.07, 6.45) is 1.23. The predicted molar refractivity (Wildman–Crippen MR) is 57.4 cm³/mol. The SMILES string of the molecule is Cn1nc(Br)c(Cc2cc(F)cnc2O)n1. The third-order valence-corrected chi connectivity index (χ3v) is 2.62. The molecular weight excluding hydrogens is 279 g/mol. The number of hydrogen-bond donors (Lipinski definition) is 1. The minimum Gasteiger partial charge on any atom is -0.493 e. The van der Waals surface area contributed by atoms with E-state index in [9.17, 15) is 9.50 Å². The Morgan fingerprint density at radius 3 is 2.88 bits per heavy atom. The van der Waals surface area contributed by atoms with E-state index < -0.39 is 5.82 Å². The Kier molecular flexibility index (Phi) is 2.86. The van der Waals surface area contributed by atoms with Gasteiger partial charge < -0.3 is 5.11 Å². The lowest BCUT2D eigenvalue weighted by atomic mass is 10.1. The van der Waals surface area contributed by atoms with Crippen LogP contribution in [0.4, 0.5) is 4.39 Å². The smallest absolute Gasteiger partial charge is 0.214 e. The minimum atomic E-state index is -0.493. The Hall–Kier alpha value is -1.50. The fraction of sp³-hybridized carbons (Fsp3) is 0.222. The van der Waals surface area contributed by atoms with E-state index in [0.29, 0.717) is 15.9 Å². The summed E-state index contributed by atoms with van der Waals surface area (Å²) in [5.74, 6) is -0.688. The van der Waals surface area contributed by atoms with Crippen molar-refractivity contribution < 1.29 is 9.50 Å². The summed E-state index contributed by atoms with van der Waals surface area (Å²) in [7, 11) is 1.68. The van der Waals surface area contributed by atoms with Crippen molar-refractivity contribution in [1.29, 1.82) is 0 Å². The average molecular weight is 287 g/mol. The third kappa shape index (κ3) is 2.19. The van der Waals surface area contributed by atoms with Gasteiger partial charge in [0.25, 0.3) is 0 Å². The van der Waals surface area contributed by atoms with E-state index in [1.165, 1.54) is 10.9 Å². The molecule has 0 saturated heterocycles. The maximum Gasteiger partial charge on any atom is 0.214 e. The van der Waals surface area contributed by atoms with Crippen LogP contribution in [0.3, 0.4) is 0 Å². The monoisotopic (exact) mass is 286 g/mol. The molecule has 2 rings (SSSR count). The van der Waals surface area contributed by atoms with Crippen LogP contribution in [0.5, 0.6) is 5.88 Å². The van der Waals surface area contributed by atoms with Crippen LogP contribution < -0.4 is 0 Å². The van der Waals surface area contributed by atoms with E-state index in [2.05, 4.69) is 31.1 Å². The largest absolute Gasteiger partial charge is 0.493 e. The molecule has 0 radical (unpaired) electrons. The lowest BCUT2D eigenvalue weighted by molar-refractivity contribution is 0.442. The number of nitrogens with zero attached hydrogens (tertiary/aromatic N) is 4. The number of pyridine rings is 1. The van der Waals surface area contributed by atoms with Gasteiger partial charge in [0.05, 0.1) is 6.20 Å². The highest BCUT2D eigenvalue weighted by molar-refractivity contribution is 9.10. The highest BCUT2D eigenvalue weighted by Gasteiger charge is 2.11. The first kappa shape index (κ1) is 11.0. The molecule has 0 aromatic carbocycles. The van der Waals surface area contributed by atoms with Crippen molar-refractivity contribution >= 4 is 15.9 Å². The molecule has 84 valence electrons. The fourth-order valence-corrected chi connectivity index (χ4v) is 1.76. The summed E-state index contributed by atoms with van der Waals surface area (Å²) in [6, 6.07) is 1.23. The summed E-state index contributed by atoms with van der Waals surface area (Å²) in [5.41, 5.74) is 0.992. The second kappa shape index (κ2) is 4.17. The molecule has 0 fully saturated rings. The van der Waals surface area contributed by atoms with Gasteiger partial charge in [-0.05, 0) is 22.0 Å². The average Bonchev–Trinajstić information content (AvgIpc) is 2.51. The molecule has 0 bridgehead atoms. The number of aromatic nitrogens is 4. The van der Waals surface area contributed by atoms with E-state index in [1.54, 1.807) is 7.05 Å². The van der Waals surface area contributed by atoms with Crippen LogP contribution in [0, 0.1) is 5.82 Å². The van der Waals surface area contributed by atoms with E-state index in [1.807, 2.05) is 0 Å². The summed E-state index contributed by atoms with van der Waals surface area (Å²) in [6.45, 7) is 0. The zero-order valence-corrected chi connectivity index (χ0v) is 9.94. The summed E-state index contributed by atoms with van der Waals surface area (Å²) >= 11 is 3.23. The van der Waals surface area contributed by atoms with Crippen LogP contribution in [0.25, 0.3) is 0 Å². The van der Waals surface area contributed by atoms with Crippen LogP contribution in [-0.4, -0.2) is 25.1 Å². The second-order valence-corrected chi connectivity index (χ2v) is 3.99. The Balaban J connectivity index is 2.33. The number of rotatable bonds is 2. The van der Waals surface area contributed by atoms with Gasteiger partial charge in [-0.3, -0.25) is 0 Å². The lowest BCUT2D eigenvalue weighted by Gasteiger charge is -2.01. The Morgan fingerprint density at radius 2 is 2.25 bits per heavy atom. The number of hydrogen-bond acceptors (Lipinski definition) is 4. The third-order valence-electron chi connectivity index (χ3n) is 2.00. The lowest BCUT2D eigenvalue weighted by Crippen LogP contribution is -1.96. The number of halogens is 2. The van der Waals surface area contributed by atoms with Gasteiger partial charge in [-0.15, -0.1) is 5.10 Å². The molecule has 16 heavy (non-hydrogen) atoms. The Morgan fingerprint density at radius 1 is 1.50 bits per heavy atom. The molecular formula is C9H8BrFN4O. The minimum absolute atomic E-state index is 0.195. The molecule has 2 aromatic rings. The van der Waals surface area contributed by atoms with Crippen LogP contribution in [0.2, 0.25) is 0 Å². The van der Waals surface area contributed by atoms with Crippen molar-refractivity contribution in [3.05, 3.63) is 33.9 Å². The topological polar surface area (TPSA) is 63.8 Å². The van der Waals surface area contributed by atoms with Gasteiger partial charge in [-0.2, -0.15) is 9.90 Å². The Bertz CT molecular complexity index is 528. The Labute approximate surface area is 99.1 Å². The highest BCUT2D eigenvalue weighted by atomic mass is 79.9. The zero-order valence-electron chi connectivity index (χ0n) is 8.35. The predicted octanol–water partition coefficient (Wildman–Crippen LogP) is 1.41. The molecule has 7 heteroatoms. The molecule has 0 spiro atoms. The van der Waals surface area contributed by atoms with Gasteiger partial charge in [0.1, 0.15) is 11.5 Å². The van der Waals surface area contributed by atoms with E-state index in [-0.39, 0.29) is 12.3 Å². The fourth-order valence-electron chi connectivity index (χ4n) is 1.32. The van der Waals surface area contributed by atoms with E-state index in [4.69, 9.17) is 0 Å². The van der Waals surface area contributed by atoms with Crippen LogP contribution >= 0.6 is 15.9 Å². The highest BCUT2D eigenvalue weighted by Crippen LogP contribution is 2.21. The number of aromatic hydroxyl groups is 1. The van der Waals surface area contributed by atoms with E-state index >= 15 is 0 Å². The van der Waals surface area contributed by atoms with Crippen LogP contribution in [0.1, 0.15) is 11.3 Å². The van der Waals surface area contributed by atoms with Gasteiger partial charge in [0.2, 0.25) is 5.88 Å². The van der Waals surface area contributed by atoms with E-state index in [0.717, 1.165) is 6.20 Å². The molecule has 0 unspecified atom stereocenters. The van der Waals surface area contributed by atoms with Crippen LogP contribution in [-0.2, 0) is 13.5 Å². The van der Waals surface area contributed by atoms with Gasteiger partial charge >= 0.3 is 0 Å². The van der Waals surface area contributed by atoms with Crippen molar-refractivity contribution in [2.24, 2.45) is 7.05 Å². The second-order valence-electron chi connectivity index (χ2n) is 3.24. The maximum absolute atomic E-state index is 12.9. The molecule has 5 nitrogen and oxygen atoms in total. The van der Waals surface area contributed by atoms with Crippen molar-refractivity contribution in [1.82, 2.24) is 20.0 Å². The van der Waals surface area contributed by atoms with Gasteiger partial charge in [0, 0.05) is 19.0 Å². The molecule has 0 aliphatic heterocycles. The molecule has 0 aliphatic carbocycles. The van der Waals surface area contributed by atoms with Crippen LogP contribution in [0.15, 0.2) is 16.9 Å². The standard InChI is InChI=1S/C9H8BrFN4O/c1-15-13-7(8(10)14-15)3-5-2-6(11)4-12-9(5)16/h2,4H,3H2,1H3,(H,12,16). The molecule has 0 amide bonds. The first-order chi connectivity index (χ1) is 7.56. The summed E-state index contributed by atoms with van der Waals surface area (Å²) in [4.78, 5) is 4.91. The van der Waals surface area contributed by atoms with Gasteiger partial charge in [-0.1, -0.05) is 0 Å². The summed E-state index contributed by atoms with van der Waals surface area (Å²) < 4.78 is 13.5. The van der Waals surface area contributed by atoms with Gasteiger partial charge in [-0.25, -0.2) is 9.37 Å². The first-order valence-electron chi connectivity index (χ1n) is 4.45. The first-order valence-corrected chi connectivity index (χ1v) is 5.24. The molecule has 1 N–H and O–H groups in total. The zero-order chi connectivity index (χ0) is 11.7. The van der Waals surface area contributed by atoms with Gasteiger partial charge in [0.15, 0.2) is 4.60 Å². The molecule has 0 saturated carbocycles. The van der Waals surface area contributed by atoms with Crippen molar-refractivity contribution in [3.63, 3.8) is 0 Å². The maximum atomic E-state index is 12.9. The molecule has 2 aromatic heterocycles. The van der Waals surface area contributed by atoms with Crippen molar-refractivity contribution in [3.8, 4) is 5.88 Å². The molecule has 0 atom stereocenters. The molecule has 0 aliphatic rings. The normalized spacial score (nSPS) is 10.7. The van der Waals surface area contributed by atoms with Crippen molar-refractivity contribution in [2.75, 3.05) is 0 Å². The summed E-state index contributed by atoms with van der Waals surface area (Å²) in [5, 5.41) is 17.5. The molecule has 2 heterocycles. The number of aryl methyl sites for hydroxylation is 1.